The number of carbonyl (C=O) groups is 2. The number of hydrogen-bond acceptors (Lipinski definition) is 7. The molecule has 1 heterocycles. The van der Waals surface area contributed by atoms with Crippen LogP contribution >= 0.6 is 24.2 Å². The summed E-state index contributed by atoms with van der Waals surface area (Å²) in [5.41, 5.74) is 1.29. The molecule has 2 rings (SSSR count). The van der Waals surface area contributed by atoms with Gasteiger partial charge in [0.1, 0.15) is 7.85 Å². The predicted molar refractivity (Wildman–Crippen MR) is 130 cm³/mol. The van der Waals surface area contributed by atoms with Crippen LogP contribution in [-0.2, 0) is 4.79 Å². The van der Waals surface area contributed by atoms with E-state index in [4.69, 9.17) is 19.4 Å². The van der Waals surface area contributed by atoms with Crippen LogP contribution in [0.1, 0.15) is 16.8 Å². The molecule has 8 nitrogen and oxygen atoms in total. The van der Waals surface area contributed by atoms with Crippen LogP contribution in [0, 0.1) is 0 Å². The van der Waals surface area contributed by atoms with E-state index in [1.54, 1.807) is 34.1 Å². The maximum Gasteiger partial charge on any atom is 0.254 e. The second kappa shape index (κ2) is 11.6. The number of anilines is 3. The molecule has 31 heavy (non-hydrogen) atoms. The van der Waals surface area contributed by atoms with Crippen molar-refractivity contribution in [3.63, 3.8) is 0 Å². The molecule has 0 saturated carbocycles. The smallest absolute Gasteiger partial charge is 0.254 e. The van der Waals surface area contributed by atoms with E-state index in [9.17, 15) is 9.59 Å². The van der Waals surface area contributed by atoms with Crippen molar-refractivity contribution in [1.29, 1.82) is 0 Å². The molecule has 1 aromatic heterocycles. The van der Waals surface area contributed by atoms with Crippen molar-refractivity contribution in [3.05, 3.63) is 47.5 Å². The lowest BCUT2D eigenvalue weighted by Gasteiger charge is -2.21. The second-order valence-electron chi connectivity index (χ2n) is 6.73. The predicted octanol–water partition coefficient (Wildman–Crippen LogP) is 1.95. The summed E-state index contributed by atoms with van der Waals surface area (Å²) < 4.78 is 0. The minimum absolute atomic E-state index is 0.154. The number of rotatable bonds is 10. The lowest BCUT2D eigenvalue weighted by atomic mass is 10.0. The average molecular weight is 459 g/mol. The third-order valence-corrected chi connectivity index (χ3v) is 4.92. The van der Waals surface area contributed by atoms with Crippen LogP contribution in [-0.4, -0.2) is 67.6 Å². The van der Waals surface area contributed by atoms with Gasteiger partial charge in [-0.2, -0.15) is 17.6 Å². The fraction of sp³-hybridized carbons (Fsp3) is 0.300. The van der Waals surface area contributed by atoms with Gasteiger partial charge in [-0.3, -0.25) is 9.59 Å². The summed E-state index contributed by atoms with van der Waals surface area (Å²) in [4.78, 5) is 35.9. The molecule has 0 spiro atoms. The van der Waals surface area contributed by atoms with E-state index >= 15 is 0 Å². The van der Waals surface area contributed by atoms with Gasteiger partial charge in [0, 0.05) is 44.0 Å². The quantitative estimate of drug-likeness (QED) is 0.166. The molecule has 0 atom stereocenters. The Kier molecular flexibility index (Phi) is 9.20. The van der Waals surface area contributed by atoms with Gasteiger partial charge in [0.2, 0.25) is 11.9 Å². The molecule has 2 radical (unpaired) electrons. The Labute approximate surface area is 193 Å². The van der Waals surface area contributed by atoms with Gasteiger partial charge in [0.25, 0.3) is 5.91 Å². The molecule has 2 N–H and O–H groups in total. The Balaban J connectivity index is 1.91. The van der Waals surface area contributed by atoms with Crippen LogP contribution < -0.4 is 21.1 Å². The molecule has 162 valence electrons. The molecule has 2 amide bonds. The van der Waals surface area contributed by atoms with E-state index < -0.39 is 0 Å². The average Bonchev–Trinajstić information content (AvgIpc) is 2.75. The molecular formula is C20H24BClN6O2S. The zero-order chi connectivity index (χ0) is 23.0. The van der Waals surface area contributed by atoms with Crippen LogP contribution in [0.3, 0.4) is 0 Å². The lowest BCUT2D eigenvalue weighted by Crippen LogP contribution is -2.32. The number of halogens is 1. The summed E-state index contributed by atoms with van der Waals surface area (Å²) in [6, 6.07) is 6.64. The summed E-state index contributed by atoms with van der Waals surface area (Å²) in [5.74, 6) is 0.692. The van der Waals surface area contributed by atoms with Gasteiger partial charge in [0.05, 0.1) is 10.9 Å². The van der Waals surface area contributed by atoms with Crippen LogP contribution in [0.15, 0.2) is 36.9 Å². The molecule has 0 aliphatic carbocycles. The van der Waals surface area contributed by atoms with Gasteiger partial charge in [-0.25, -0.2) is 4.98 Å². The van der Waals surface area contributed by atoms with Crippen molar-refractivity contribution in [2.24, 2.45) is 0 Å². The highest BCUT2D eigenvalue weighted by atomic mass is 35.5. The normalized spacial score (nSPS) is 10.3. The highest BCUT2D eigenvalue weighted by molar-refractivity contribution is 7.80. The molecule has 2 aromatic rings. The van der Waals surface area contributed by atoms with Crippen LogP contribution in [0.25, 0.3) is 0 Å². The monoisotopic (exact) mass is 458 g/mol. The van der Waals surface area contributed by atoms with Gasteiger partial charge >= 0.3 is 0 Å². The first kappa shape index (κ1) is 24.6. The van der Waals surface area contributed by atoms with E-state index in [2.05, 4.69) is 39.8 Å². The molecule has 0 bridgehead atoms. The maximum absolute atomic E-state index is 12.7. The Hall–Kier alpha value is -2.72. The fourth-order valence-electron chi connectivity index (χ4n) is 2.61. The number of carbonyl (C=O) groups excluding carboxylic acids is 2. The van der Waals surface area contributed by atoms with E-state index in [-0.39, 0.29) is 23.3 Å². The Morgan fingerprint density at radius 1 is 1.26 bits per heavy atom. The van der Waals surface area contributed by atoms with E-state index in [1.807, 2.05) is 14.1 Å². The zero-order valence-corrected chi connectivity index (χ0v) is 19.1. The number of amides is 2. The van der Waals surface area contributed by atoms with Crippen molar-refractivity contribution < 1.29 is 9.59 Å². The van der Waals surface area contributed by atoms with Crippen molar-refractivity contribution in [2.75, 3.05) is 48.6 Å². The van der Waals surface area contributed by atoms with Crippen LogP contribution in [0.4, 0.5) is 17.5 Å². The number of hydrogen-bond donors (Lipinski definition) is 3. The van der Waals surface area contributed by atoms with Crippen molar-refractivity contribution in [1.82, 2.24) is 14.9 Å². The molecule has 0 unspecified atom stereocenters. The van der Waals surface area contributed by atoms with Crippen LogP contribution in [0.5, 0.6) is 0 Å². The Morgan fingerprint density at radius 3 is 2.52 bits per heavy atom. The summed E-state index contributed by atoms with van der Waals surface area (Å²) in [5, 5.41) is 6.04. The Bertz CT molecular complexity index is 942. The SMILES string of the molecule is [B]c1nc(NCCCN(CS)C(=O)c2ccc(NC(=O)C=C)cc2)nc(N(C)C)c1Cl. The number of benzene rings is 1. The number of thiol groups is 1. The fourth-order valence-corrected chi connectivity index (χ4v) is 3.13. The molecular weight excluding hydrogens is 435 g/mol. The number of aromatic nitrogens is 2. The van der Waals surface area contributed by atoms with Crippen molar-refractivity contribution >= 4 is 66.9 Å². The minimum atomic E-state index is -0.312. The maximum atomic E-state index is 12.7. The first-order valence-electron chi connectivity index (χ1n) is 9.44. The van der Waals surface area contributed by atoms with Gasteiger partial charge in [-0.15, -0.1) is 0 Å². The minimum Gasteiger partial charge on any atom is -0.361 e. The summed E-state index contributed by atoms with van der Waals surface area (Å²) in [6.07, 6.45) is 1.82. The second-order valence-corrected chi connectivity index (χ2v) is 7.39. The van der Waals surface area contributed by atoms with Gasteiger partial charge in [-0.1, -0.05) is 18.2 Å². The lowest BCUT2D eigenvalue weighted by molar-refractivity contribution is -0.111. The zero-order valence-electron chi connectivity index (χ0n) is 17.4. The van der Waals surface area contributed by atoms with Crippen molar-refractivity contribution in [2.45, 2.75) is 6.42 Å². The third kappa shape index (κ3) is 6.90. The topological polar surface area (TPSA) is 90.5 Å². The summed E-state index contributed by atoms with van der Waals surface area (Å²) >= 11 is 10.4. The molecule has 0 aliphatic rings. The van der Waals surface area contributed by atoms with E-state index in [0.29, 0.717) is 47.6 Å². The highest BCUT2D eigenvalue weighted by Crippen LogP contribution is 2.19. The highest BCUT2D eigenvalue weighted by Gasteiger charge is 2.15. The van der Waals surface area contributed by atoms with E-state index in [0.717, 1.165) is 0 Å². The first-order valence-corrected chi connectivity index (χ1v) is 10.5. The molecule has 0 aliphatic heterocycles. The van der Waals surface area contributed by atoms with Crippen LogP contribution in [0.2, 0.25) is 5.02 Å². The third-order valence-electron chi connectivity index (χ3n) is 4.21. The first-order chi connectivity index (χ1) is 14.8. The number of nitrogens with one attached hydrogen (secondary N) is 2. The molecule has 0 saturated heterocycles. The van der Waals surface area contributed by atoms with Gasteiger partial charge in [0.15, 0.2) is 5.82 Å². The molecule has 1 aromatic carbocycles. The van der Waals surface area contributed by atoms with Gasteiger partial charge in [-0.05, 0) is 36.8 Å². The molecule has 11 heteroatoms. The molecule has 0 fully saturated rings. The largest absolute Gasteiger partial charge is 0.361 e. The van der Waals surface area contributed by atoms with Gasteiger partial charge < -0.3 is 20.4 Å². The summed E-state index contributed by atoms with van der Waals surface area (Å²) in [6.45, 7) is 4.41. The van der Waals surface area contributed by atoms with Crippen molar-refractivity contribution in [3.8, 4) is 0 Å². The number of nitrogens with zero attached hydrogens (tertiary/aromatic N) is 4. The van der Waals surface area contributed by atoms with E-state index in [1.165, 1.54) is 6.08 Å². The standard InChI is InChI=1S/C20H24BClN6O2S/c1-4-15(29)24-14-8-6-13(7-9-14)19(30)28(12-31)11-5-10-23-20-25-17(21)16(22)18(26-20)27(2)3/h4,6-9,31H,1,5,10-12H2,2-3H3,(H,24,29)(H,23,25,26). The Morgan fingerprint density at radius 2 is 1.94 bits per heavy atom. The summed E-state index contributed by atoms with van der Waals surface area (Å²) in [7, 11) is 9.47.